The highest BCUT2D eigenvalue weighted by molar-refractivity contribution is 5.98. The first-order valence-electron chi connectivity index (χ1n) is 8.10. The molecular formula is C17H23NO9. The van der Waals surface area contributed by atoms with E-state index in [1.807, 2.05) is 0 Å². The van der Waals surface area contributed by atoms with Crippen molar-refractivity contribution in [3.05, 3.63) is 17.7 Å². The van der Waals surface area contributed by atoms with Gasteiger partial charge in [-0.2, -0.15) is 0 Å². The molecule has 0 aliphatic carbocycles. The lowest BCUT2D eigenvalue weighted by molar-refractivity contribution is -0.122. The average molecular weight is 385 g/mol. The van der Waals surface area contributed by atoms with Crippen LogP contribution in [0.25, 0.3) is 0 Å². The number of carbonyl (C=O) groups is 2. The topological polar surface area (TPSA) is 133 Å². The molecule has 0 bridgehead atoms. The lowest BCUT2D eigenvalue weighted by Crippen LogP contribution is -2.44. The molecule has 0 saturated carbocycles. The number of nitrogens with one attached hydrogen (secondary N) is 1. The molecule has 2 aliphatic heterocycles. The van der Waals surface area contributed by atoms with Gasteiger partial charge in [0.1, 0.15) is 24.1 Å². The highest BCUT2D eigenvalue weighted by atomic mass is 16.6. The van der Waals surface area contributed by atoms with Crippen LogP contribution in [0.1, 0.15) is 10.4 Å². The molecule has 0 aromatic heterocycles. The molecule has 2 aliphatic rings. The number of benzene rings is 1. The fourth-order valence-electron chi connectivity index (χ4n) is 3.06. The summed E-state index contributed by atoms with van der Waals surface area (Å²) < 4.78 is 26.7. The minimum Gasteiger partial charge on any atom is -0.496 e. The number of hydrogen-bond donors (Lipinski definition) is 3. The maximum atomic E-state index is 12.7. The molecule has 1 amide bonds. The van der Waals surface area contributed by atoms with Gasteiger partial charge in [0.05, 0.1) is 46.1 Å². The third-order valence-corrected chi connectivity index (χ3v) is 4.29. The summed E-state index contributed by atoms with van der Waals surface area (Å²) in [5, 5.41) is 19.5. The van der Waals surface area contributed by atoms with Crippen LogP contribution >= 0.6 is 0 Å². The van der Waals surface area contributed by atoms with E-state index >= 15 is 0 Å². The molecule has 150 valence electrons. The highest BCUT2D eigenvalue weighted by Gasteiger charge is 2.47. The summed E-state index contributed by atoms with van der Waals surface area (Å²) in [4.78, 5) is 21.0. The van der Waals surface area contributed by atoms with Gasteiger partial charge in [-0.05, 0) is 0 Å². The summed E-state index contributed by atoms with van der Waals surface area (Å²) in [5.41, 5.74) is 0.317. The summed E-state index contributed by atoms with van der Waals surface area (Å²) in [6.45, 7) is 0.245. The Bertz CT molecular complexity index is 666. The first kappa shape index (κ1) is 20.7. The largest absolute Gasteiger partial charge is 0.496 e. The van der Waals surface area contributed by atoms with E-state index in [1.54, 1.807) is 12.1 Å². The summed E-state index contributed by atoms with van der Waals surface area (Å²) in [6.07, 6.45) is -1.41. The minimum atomic E-state index is -0.660. The summed E-state index contributed by atoms with van der Waals surface area (Å²) in [7, 11) is 4.48. The van der Waals surface area contributed by atoms with Crippen molar-refractivity contribution in [2.45, 2.75) is 24.4 Å². The molecule has 2 fully saturated rings. The fourth-order valence-corrected chi connectivity index (χ4v) is 3.06. The number of amides is 1. The molecule has 10 heteroatoms. The number of methoxy groups -OCH3 is 3. The predicted octanol–water partition coefficient (Wildman–Crippen LogP) is -0.330. The van der Waals surface area contributed by atoms with Crippen molar-refractivity contribution in [2.24, 2.45) is 0 Å². The van der Waals surface area contributed by atoms with E-state index in [4.69, 9.17) is 33.6 Å². The number of fused-ring (bicyclic) bond motifs is 1. The van der Waals surface area contributed by atoms with Crippen molar-refractivity contribution < 1.29 is 43.5 Å². The van der Waals surface area contributed by atoms with E-state index in [-0.39, 0.29) is 37.7 Å². The van der Waals surface area contributed by atoms with Gasteiger partial charge >= 0.3 is 0 Å². The Morgan fingerprint density at radius 2 is 1.63 bits per heavy atom. The van der Waals surface area contributed by atoms with Crippen LogP contribution in [0.5, 0.6) is 17.2 Å². The smallest absolute Gasteiger partial charge is 0.290 e. The van der Waals surface area contributed by atoms with Gasteiger partial charge in [0, 0.05) is 12.1 Å². The van der Waals surface area contributed by atoms with Crippen molar-refractivity contribution in [1.82, 2.24) is 5.32 Å². The molecular weight excluding hydrogens is 362 g/mol. The van der Waals surface area contributed by atoms with Gasteiger partial charge in [-0.1, -0.05) is 0 Å². The number of ether oxygens (including phenoxy) is 5. The van der Waals surface area contributed by atoms with Crippen LogP contribution in [-0.2, 0) is 14.3 Å². The van der Waals surface area contributed by atoms with Gasteiger partial charge < -0.3 is 39.2 Å². The number of rotatable bonds is 5. The zero-order chi connectivity index (χ0) is 20.0. The molecule has 0 unspecified atom stereocenters. The first-order valence-corrected chi connectivity index (χ1v) is 8.10. The monoisotopic (exact) mass is 385 g/mol. The van der Waals surface area contributed by atoms with Crippen LogP contribution < -0.4 is 19.5 Å². The zero-order valence-corrected chi connectivity index (χ0v) is 15.2. The van der Waals surface area contributed by atoms with E-state index < -0.39 is 12.2 Å². The Morgan fingerprint density at radius 1 is 1.07 bits per heavy atom. The Kier molecular flexibility index (Phi) is 7.22. The van der Waals surface area contributed by atoms with Crippen molar-refractivity contribution in [1.29, 1.82) is 0 Å². The third kappa shape index (κ3) is 4.41. The van der Waals surface area contributed by atoms with Gasteiger partial charge in [-0.25, -0.2) is 0 Å². The number of hydrogen-bond acceptors (Lipinski definition) is 8. The van der Waals surface area contributed by atoms with Crippen LogP contribution in [0, 0.1) is 0 Å². The van der Waals surface area contributed by atoms with E-state index in [0.717, 1.165) is 0 Å². The van der Waals surface area contributed by atoms with Gasteiger partial charge in [-0.15, -0.1) is 0 Å². The van der Waals surface area contributed by atoms with Gasteiger partial charge in [0.2, 0.25) is 0 Å². The van der Waals surface area contributed by atoms with Crippen LogP contribution in [0.15, 0.2) is 12.1 Å². The molecule has 2 heterocycles. The summed E-state index contributed by atoms with van der Waals surface area (Å²) in [6, 6.07) is 2.82. The average Bonchev–Trinajstić information content (AvgIpc) is 3.24. The van der Waals surface area contributed by atoms with Crippen LogP contribution in [0.3, 0.4) is 0 Å². The molecule has 27 heavy (non-hydrogen) atoms. The van der Waals surface area contributed by atoms with Crippen molar-refractivity contribution in [3.8, 4) is 17.2 Å². The lowest BCUT2D eigenvalue weighted by atomic mass is 10.1. The quantitative estimate of drug-likeness (QED) is 0.583. The number of aliphatic hydroxyl groups is 1. The SMILES string of the molecule is COc1cc(OC)c(C(=O)N[C@H]2CO[C@H]3[C@@H]2OC[C@H]3O)cc1OC.O=CO. The Labute approximate surface area is 155 Å². The summed E-state index contributed by atoms with van der Waals surface area (Å²) in [5.74, 6) is 0.925. The molecule has 1 aromatic carbocycles. The Morgan fingerprint density at radius 3 is 2.22 bits per heavy atom. The van der Waals surface area contributed by atoms with Crippen molar-refractivity contribution in [3.63, 3.8) is 0 Å². The van der Waals surface area contributed by atoms with E-state index in [9.17, 15) is 9.90 Å². The number of carbonyl (C=O) groups excluding carboxylic acids is 1. The van der Waals surface area contributed by atoms with Gasteiger partial charge in [0.25, 0.3) is 12.4 Å². The van der Waals surface area contributed by atoms with E-state index in [1.165, 1.54) is 21.3 Å². The normalized spacial score (nSPS) is 25.6. The Balaban J connectivity index is 0.000000817. The lowest BCUT2D eigenvalue weighted by Gasteiger charge is -2.19. The van der Waals surface area contributed by atoms with Gasteiger partial charge in [-0.3, -0.25) is 9.59 Å². The highest BCUT2D eigenvalue weighted by Crippen LogP contribution is 2.35. The second kappa shape index (κ2) is 9.40. The van der Waals surface area contributed by atoms with E-state index in [2.05, 4.69) is 5.32 Å². The summed E-state index contributed by atoms with van der Waals surface area (Å²) >= 11 is 0. The first-order chi connectivity index (χ1) is 13.0. The standard InChI is InChI=1S/C16H21NO7.CH2O2/c1-20-11-5-13(22-3)12(21-2)4-8(11)16(19)17-9-6-23-15-10(18)7-24-14(9)15;2-1-3/h4-5,9-10,14-15,18H,6-7H2,1-3H3,(H,17,19);1H,(H,2,3)/t9-,10+,14+,15+;/m0./s1. The molecule has 1 aromatic rings. The van der Waals surface area contributed by atoms with Crippen LogP contribution in [0.2, 0.25) is 0 Å². The second-order valence-corrected chi connectivity index (χ2v) is 5.76. The van der Waals surface area contributed by atoms with E-state index in [0.29, 0.717) is 22.8 Å². The number of aliphatic hydroxyl groups excluding tert-OH is 1. The molecule has 0 spiro atoms. The molecule has 4 atom stereocenters. The maximum absolute atomic E-state index is 12.7. The van der Waals surface area contributed by atoms with Crippen molar-refractivity contribution in [2.75, 3.05) is 34.5 Å². The van der Waals surface area contributed by atoms with Crippen molar-refractivity contribution >= 4 is 12.4 Å². The third-order valence-electron chi connectivity index (χ3n) is 4.29. The maximum Gasteiger partial charge on any atom is 0.290 e. The van der Waals surface area contributed by atoms with Gasteiger partial charge in [0.15, 0.2) is 11.5 Å². The molecule has 3 N–H and O–H groups in total. The molecule has 3 rings (SSSR count). The molecule has 10 nitrogen and oxygen atoms in total. The minimum absolute atomic E-state index is 0.210. The predicted molar refractivity (Wildman–Crippen MR) is 91.5 cm³/mol. The second-order valence-electron chi connectivity index (χ2n) is 5.76. The Hall–Kier alpha value is -2.56. The zero-order valence-electron chi connectivity index (χ0n) is 15.2. The molecule has 2 saturated heterocycles. The van der Waals surface area contributed by atoms with Crippen LogP contribution in [0.4, 0.5) is 0 Å². The fraction of sp³-hybridized carbons (Fsp3) is 0.529. The van der Waals surface area contributed by atoms with Crippen LogP contribution in [-0.4, -0.2) is 81.5 Å². The molecule has 0 radical (unpaired) electrons. The number of carboxylic acid groups (broad SMARTS) is 1.